The molecule has 1 N–H and O–H groups in total. The topological polar surface area (TPSA) is 55.4 Å². The molecular weight excluding hydrogens is 238 g/mol. The summed E-state index contributed by atoms with van der Waals surface area (Å²) in [4.78, 5) is 17.0. The van der Waals surface area contributed by atoms with Crippen molar-refractivity contribution in [2.45, 2.75) is 30.9 Å². The van der Waals surface area contributed by atoms with Crippen molar-refractivity contribution in [3.8, 4) is 0 Å². The van der Waals surface area contributed by atoms with Gasteiger partial charge in [-0.25, -0.2) is 5.48 Å². The highest BCUT2D eigenvalue weighted by molar-refractivity contribution is 7.85. The van der Waals surface area contributed by atoms with Gasteiger partial charge in [-0.3, -0.25) is 13.8 Å². The Morgan fingerprint density at radius 1 is 1.35 bits per heavy atom. The van der Waals surface area contributed by atoms with Crippen LogP contribution in [-0.4, -0.2) is 22.0 Å². The van der Waals surface area contributed by atoms with Crippen LogP contribution in [0, 0.1) is 0 Å². The molecule has 1 aromatic carbocycles. The Morgan fingerprint density at radius 2 is 1.94 bits per heavy atom. The van der Waals surface area contributed by atoms with Gasteiger partial charge in [0.05, 0.1) is 17.4 Å². The van der Waals surface area contributed by atoms with Crippen molar-refractivity contribution in [1.82, 2.24) is 5.48 Å². The SMILES string of the molecule is CCONC(=O)c1ccc(S(=O)C(C)C)cc1. The maximum Gasteiger partial charge on any atom is 0.274 e. The number of hydrogen-bond acceptors (Lipinski definition) is 3. The number of rotatable bonds is 5. The maximum absolute atomic E-state index is 11.8. The fourth-order valence-corrected chi connectivity index (χ4v) is 2.16. The number of hydroxylamine groups is 1. The van der Waals surface area contributed by atoms with E-state index in [4.69, 9.17) is 4.84 Å². The molecule has 1 rings (SSSR count). The summed E-state index contributed by atoms with van der Waals surface area (Å²) in [5.74, 6) is -0.297. The second-order valence-electron chi connectivity index (χ2n) is 3.73. The van der Waals surface area contributed by atoms with Gasteiger partial charge < -0.3 is 0 Å². The Kier molecular flexibility index (Phi) is 5.31. The lowest BCUT2D eigenvalue weighted by Gasteiger charge is -2.07. The fourth-order valence-electron chi connectivity index (χ4n) is 1.21. The highest BCUT2D eigenvalue weighted by Gasteiger charge is 2.10. The first-order chi connectivity index (χ1) is 8.06. The van der Waals surface area contributed by atoms with E-state index in [1.165, 1.54) is 0 Å². The van der Waals surface area contributed by atoms with Crippen molar-refractivity contribution >= 4 is 16.7 Å². The lowest BCUT2D eigenvalue weighted by atomic mass is 10.2. The molecule has 0 spiro atoms. The Hall–Kier alpha value is -1.20. The molecule has 1 amide bonds. The second kappa shape index (κ2) is 6.51. The third-order valence-electron chi connectivity index (χ3n) is 2.09. The van der Waals surface area contributed by atoms with Gasteiger partial charge in [0, 0.05) is 15.7 Å². The van der Waals surface area contributed by atoms with Crippen LogP contribution >= 0.6 is 0 Å². The minimum Gasteiger partial charge on any atom is -0.274 e. The van der Waals surface area contributed by atoms with Crippen molar-refractivity contribution in [2.24, 2.45) is 0 Å². The van der Waals surface area contributed by atoms with Crippen LogP contribution in [0.1, 0.15) is 31.1 Å². The molecule has 0 fully saturated rings. The van der Waals surface area contributed by atoms with Crippen LogP contribution in [0.4, 0.5) is 0 Å². The Bertz CT molecular complexity index is 401. The predicted octanol–water partition coefficient (Wildman–Crippen LogP) is 1.88. The summed E-state index contributed by atoms with van der Waals surface area (Å²) >= 11 is 0. The minimum atomic E-state index is -1.02. The second-order valence-corrected chi connectivity index (χ2v) is 5.74. The van der Waals surface area contributed by atoms with E-state index in [2.05, 4.69) is 5.48 Å². The molecule has 4 nitrogen and oxygen atoms in total. The molecule has 0 aliphatic rings. The molecular formula is C12H17NO3S. The Morgan fingerprint density at radius 3 is 2.41 bits per heavy atom. The predicted molar refractivity (Wildman–Crippen MR) is 67.1 cm³/mol. The normalized spacial score (nSPS) is 12.5. The van der Waals surface area contributed by atoms with E-state index in [9.17, 15) is 9.00 Å². The van der Waals surface area contributed by atoms with Gasteiger partial charge in [-0.05, 0) is 31.2 Å². The van der Waals surface area contributed by atoms with Crippen LogP contribution in [0.3, 0.4) is 0 Å². The quantitative estimate of drug-likeness (QED) is 0.817. The molecule has 1 atom stereocenters. The van der Waals surface area contributed by atoms with Gasteiger partial charge in [0.25, 0.3) is 5.91 Å². The summed E-state index contributed by atoms with van der Waals surface area (Å²) in [7, 11) is -1.02. The van der Waals surface area contributed by atoms with Crippen molar-refractivity contribution in [1.29, 1.82) is 0 Å². The highest BCUT2D eigenvalue weighted by Crippen LogP contribution is 2.12. The van der Waals surface area contributed by atoms with E-state index in [0.29, 0.717) is 12.2 Å². The summed E-state index contributed by atoms with van der Waals surface area (Å²) in [5.41, 5.74) is 2.79. The first-order valence-electron chi connectivity index (χ1n) is 5.49. The lowest BCUT2D eigenvalue weighted by molar-refractivity contribution is 0.0364. The average molecular weight is 255 g/mol. The summed E-state index contributed by atoms with van der Waals surface area (Å²) in [5, 5.41) is 0.0677. The largest absolute Gasteiger partial charge is 0.274 e. The van der Waals surface area contributed by atoms with Crippen molar-refractivity contribution < 1.29 is 13.8 Å². The van der Waals surface area contributed by atoms with Crippen LogP contribution in [0.2, 0.25) is 0 Å². The van der Waals surface area contributed by atoms with Crippen LogP contribution in [0.15, 0.2) is 29.2 Å². The van der Waals surface area contributed by atoms with Crippen molar-refractivity contribution in [2.75, 3.05) is 6.61 Å². The summed E-state index contributed by atoms with van der Waals surface area (Å²) in [6, 6.07) is 6.70. The van der Waals surface area contributed by atoms with Crippen LogP contribution in [-0.2, 0) is 15.6 Å². The molecule has 0 saturated heterocycles. The monoisotopic (exact) mass is 255 g/mol. The highest BCUT2D eigenvalue weighted by atomic mass is 32.2. The molecule has 0 aliphatic carbocycles. The third kappa shape index (κ3) is 3.94. The van der Waals surface area contributed by atoms with Crippen LogP contribution in [0.25, 0.3) is 0 Å². The molecule has 0 aliphatic heterocycles. The zero-order valence-electron chi connectivity index (χ0n) is 10.2. The first kappa shape index (κ1) is 13.9. The third-order valence-corrected chi connectivity index (χ3v) is 3.68. The van der Waals surface area contributed by atoms with E-state index in [-0.39, 0.29) is 11.2 Å². The molecule has 0 aromatic heterocycles. The average Bonchev–Trinajstić information content (AvgIpc) is 2.35. The molecule has 0 radical (unpaired) electrons. The molecule has 5 heteroatoms. The molecule has 17 heavy (non-hydrogen) atoms. The minimum absolute atomic E-state index is 0.0677. The number of nitrogens with one attached hydrogen (secondary N) is 1. The van der Waals surface area contributed by atoms with Gasteiger partial charge in [-0.2, -0.15) is 0 Å². The number of carbonyl (C=O) groups is 1. The van der Waals surface area contributed by atoms with Gasteiger partial charge in [-0.1, -0.05) is 13.8 Å². The van der Waals surface area contributed by atoms with Gasteiger partial charge >= 0.3 is 0 Å². The first-order valence-corrected chi connectivity index (χ1v) is 6.70. The number of benzene rings is 1. The van der Waals surface area contributed by atoms with E-state index in [0.717, 1.165) is 4.90 Å². The smallest absolute Gasteiger partial charge is 0.274 e. The standard InChI is InChI=1S/C12H17NO3S/c1-4-16-13-12(14)10-5-7-11(8-6-10)17(15)9(2)3/h5-9H,4H2,1-3H3,(H,13,14). The van der Waals surface area contributed by atoms with Gasteiger partial charge in [0.2, 0.25) is 0 Å². The molecule has 0 saturated carbocycles. The van der Waals surface area contributed by atoms with Gasteiger partial charge in [0.1, 0.15) is 0 Å². The zero-order chi connectivity index (χ0) is 12.8. The molecule has 0 heterocycles. The Labute approximate surface area is 104 Å². The van der Waals surface area contributed by atoms with Crippen molar-refractivity contribution in [3.63, 3.8) is 0 Å². The maximum atomic E-state index is 11.8. The van der Waals surface area contributed by atoms with Gasteiger partial charge in [0.15, 0.2) is 0 Å². The summed E-state index contributed by atoms with van der Waals surface area (Å²) < 4.78 is 11.8. The fraction of sp³-hybridized carbons (Fsp3) is 0.417. The molecule has 0 bridgehead atoms. The summed E-state index contributed by atoms with van der Waals surface area (Å²) in [6.07, 6.45) is 0. The van der Waals surface area contributed by atoms with Gasteiger partial charge in [-0.15, -0.1) is 0 Å². The number of hydrogen-bond donors (Lipinski definition) is 1. The molecule has 94 valence electrons. The van der Waals surface area contributed by atoms with E-state index >= 15 is 0 Å². The number of carbonyl (C=O) groups excluding carboxylic acids is 1. The number of amides is 1. The van der Waals surface area contributed by atoms with E-state index < -0.39 is 10.8 Å². The van der Waals surface area contributed by atoms with Crippen LogP contribution in [0.5, 0.6) is 0 Å². The molecule has 1 unspecified atom stereocenters. The zero-order valence-corrected chi connectivity index (χ0v) is 11.0. The van der Waals surface area contributed by atoms with Crippen LogP contribution < -0.4 is 5.48 Å². The Balaban J connectivity index is 2.74. The van der Waals surface area contributed by atoms with E-state index in [1.807, 2.05) is 13.8 Å². The molecule has 1 aromatic rings. The van der Waals surface area contributed by atoms with E-state index in [1.54, 1.807) is 31.2 Å². The summed E-state index contributed by atoms with van der Waals surface area (Å²) in [6.45, 7) is 5.99. The lowest BCUT2D eigenvalue weighted by Crippen LogP contribution is -2.23. The van der Waals surface area contributed by atoms with Crippen molar-refractivity contribution in [3.05, 3.63) is 29.8 Å².